The van der Waals surface area contributed by atoms with Gasteiger partial charge in [0.05, 0.1) is 20.3 Å². The fourth-order valence-corrected chi connectivity index (χ4v) is 4.32. The molecule has 2 aromatic carbocycles. The molecular formula is C22H19Cl2F3N4O3. The third-order valence-corrected chi connectivity index (χ3v) is 5.79. The van der Waals surface area contributed by atoms with Crippen molar-refractivity contribution in [2.45, 2.75) is 24.7 Å². The van der Waals surface area contributed by atoms with Gasteiger partial charge in [-0.1, -0.05) is 29.3 Å². The summed E-state index contributed by atoms with van der Waals surface area (Å²) in [6.45, 7) is 0. The zero-order valence-corrected chi connectivity index (χ0v) is 19.4. The van der Waals surface area contributed by atoms with Crippen molar-refractivity contribution in [2.24, 2.45) is 0 Å². The molecule has 4 rings (SSSR count). The highest BCUT2D eigenvalue weighted by molar-refractivity contribution is 6.35. The van der Waals surface area contributed by atoms with Crippen LogP contribution in [0.3, 0.4) is 0 Å². The largest absolute Gasteiger partial charge is 0.493 e. The maximum absolute atomic E-state index is 14.0. The summed E-state index contributed by atoms with van der Waals surface area (Å²) in [6, 6.07) is 7.94. The zero-order chi connectivity index (χ0) is 24.6. The maximum atomic E-state index is 14.0. The van der Waals surface area contributed by atoms with E-state index >= 15 is 0 Å². The summed E-state index contributed by atoms with van der Waals surface area (Å²) in [5.74, 6) is 0.206. The van der Waals surface area contributed by atoms with Crippen LogP contribution in [0.25, 0.3) is 0 Å². The van der Waals surface area contributed by atoms with E-state index in [1.807, 2.05) is 0 Å². The first-order chi connectivity index (χ1) is 16.1. The number of ether oxygens (including phenoxy) is 2. The number of carbonyl (C=O) groups excluding carboxylic acids is 1. The Balaban J connectivity index is 1.65. The minimum Gasteiger partial charge on any atom is -0.493 e. The van der Waals surface area contributed by atoms with Crippen LogP contribution in [0.5, 0.6) is 11.5 Å². The molecule has 2 N–H and O–H groups in total. The van der Waals surface area contributed by atoms with Gasteiger partial charge < -0.3 is 20.1 Å². The van der Waals surface area contributed by atoms with Crippen LogP contribution >= 0.6 is 23.2 Å². The number of halogens is 5. The summed E-state index contributed by atoms with van der Waals surface area (Å²) in [7, 11) is 2.92. The Bertz CT molecular complexity index is 1210. The van der Waals surface area contributed by atoms with Gasteiger partial charge in [0, 0.05) is 28.2 Å². The van der Waals surface area contributed by atoms with E-state index in [4.69, 9.17) is 32.7 Å². The summed E-state index contributed by atoms with van der Waals surface area (Å²) in [5, 5.41) is 10.1. The smallest absolute Gasteiger partial charge is 0.410 e. The molecule has 0 bridgehead atoms. The Kier molecular flexibility index (Phi) is 6.55. The van der Waals surface area contributed by atoms with Gasteiger partial charge in [0.15, 0.2) is 23.2 Å². The van der Waals surface area contributed by atoms with Crippen molar-refractivity contribution in [3.05, 3.63) is 63.8 Å². The van der Waals surface area contributed by atoms with Gasteiger partial charge in [-0.3, -0.25) is 4.79 Å². The molecule has 1 aromatic heterocycles. The molecule has 3 aromatic rings. The lowest BCUT2D eigenvalue weighted by atomic mass is 9.96. The number of nitrogens with one attached hydrogen (secondary N) is 2. The molecule has 180 valence electrons. The first kappa shape index (κ1) is 24.0. The van der Waals surface area contributed by atoms with Gasteiger partial charge in [-0.2, -0.15) is 18.3 Å². The average molecular weight is 515 g/mol. The number of nitrogens with zero attached hydrogens (tertiary/aromatic N) is 2. The standard InChI is InChI=1S/C22H19Cl2F3N4O3/c1-33-17-4-3-11(5-18(17)34-2)15-9-19(22(25,26)27)31-20(29-15)10-16(30-31)21(32)28-14-7-12(23)6-13(24)8-14/h3-8,10,15,19,29H,9H2,1-2H3,(H,28,32)/t15-,19+/m0/s1. The molecule has 0 saturated heterocycles. The van der Waals surface area contributed by atoms with E-state index in [2.05, 4.69) is 15.7 Å². The minimum atomic E-state index is -4.59. The average Bonchev–Trinajstić information content (AvgIpc) is 3.20. The molecule has 0 spiro atoms. The van der Waals surface area contributed by atoms with Crippen molar-refractivity contribution in [1.82, 2.24) is 9.78 Å². The molecule has 0 saturated carbocycles. The number of benzene rings is 2. The lowest BCUT2D eigenvalue weighted by Crippen LogP contribution is -2.35. The van der Waals surface area contributed by atoms with E-state index < -0.39 is 24.2 Å². The van der Waals surface area contributed by atoms with Crippen LogP contribution in [0.2, 0.25) is 10.0 Å². The molecule has 34 heavy (non-hydrogen) atoms. The molecular weight excluding hydrogens is 496 g/mol. The van der Waals surface area contributed by atoms with Crippen molar-refractivity contribution < 1.29 is 27.4 Å². The first-order valence-corrected chi connectivity index (χ1v) is 10.8. The van der Waals surface area contributed by atoms with Crippen LogP contribution < -0.4 is 20.1 Å². The Hall–Kier alpha value is -3.11. The number of aromatic nitrogens is 2. The number of anilines is 2. The molecule has 0 radical (unpaired) electrons. The highest BCUT2D eigenvalue weighted by Crippen LogP contribution is 2.44. The van der Waals surface area contributed by atoms with Gasteiger partial charge in [-0.25, -0.2) is 4.68 Å². The van der Waals surface area contributed by atoms with Crippen LogP contribution in [-0.4, -0.2) is 36.1 Å². The van der Waals surface area contributed by atoms with E-state index in [1.165, 1.54) is 38.5 Å². The number of alkyl halides is 3. The second-order valence-corrected chi connectivity index (χ2v) is 8.45. The van der Waals surface area contributed by atoms with E-state index in [9.17, 15) is 18.0 Å². The molecule has 0 unspecified atom stereocenters. The maximum Gasteiger partial charge on any atom is 0.410 e. The van der Waals surface area contributed by atoms with Crippen molar-refractivity contribution >= 4 is 40.6 Å². The van der Waals surface area contributed by atoms with Gasteiger partial charge in [-0.15, -0.1) is 0 Å². The Labute approximate surface area is 202 Å². The summed E-state index contributed by atoms with van der Waals surface area (Å²) < 4.78 is 53.1. The molecule has 0 fully saturated rings. The molecule has 1 amide bonds. The van der Waals surface area contributed by atoms with Gasteiger partial charge in [-0.05, 0) is 35.9 Å². The fraction of sp³-hybridized carbons (Fsp3) is 0.273. The van der Waals surface area contributed by atoms with E-state index in [1.54, 1.807) is 18.2 Å². The topological polar surface area (TPSA) is 77.4 Å². The summed E-state index contributed by atoms with van der Waals surface area (Å²) in [6.07, 6.45) is -4.93. The highest BCUT2D eigenvalue weighted by atomic mass is 35.5. The van der Waals surface area contributed by atoms with E-state index in [0.717, 1.165) is 4.68 Å². The van der Waals surface area contributed by atoms with Gasteiger partial charge in [0.1, 0.15) is 5.82 Å². The predicted octanol–water partition coefficient (Wildman–Crippen LogP) is 6.12. The number of carbonyl (C=O) groups is 1. The van der Waals surface area contributed by atoms with Crippen LogP contribution in [0.1, 0.15) is 34.6 Å². The molecule has 1 aliphatic rings. The quantitative estimate of drug-likeness (QED) is 0.428. The second kappa shape index (κ2) is 9.27. The Morgan fingerprint density at radius 3 is 2.38 bits per heavy atom. The molecule has 12 heteroatoms. The molecule has 0 aliphatic carbocycles. The van der Waals surface area contributed by atoms with Crippen LogP contribution in [0.4, 0.5) is 24.7 Å². The first-order valence-electron chi connectivity index (χ1n) is 10.0. The number of hydrogen-bond donors (Lipinski definition) is 2. The Morgan fingerprint density at radius 2 is 1.76 bits per heavy atom. The number of amides is 1. The minimum absolute atomic E-state index is 0.0580. The van der Waals surface area contributed by atoms with Crippen molar-refractivity contribution in [1.29, 1.82) is 0 Å². The number of fused-ring (bicyclic) bond motifs is 1. The van der Waals surface area contributed by atoms with Crippen molar-refractivity contribution in [3.63, 3.8) is 0 Å². The fourth-order valence-electron chi connectivity index (χ4n) is 3.79. The number of methoxy groups -OCH3 is 2. The third-order valence-electron chi connectivity index (χ3n) is 5.35. The lowest BCUT2D eigenvalue weighted by molar-refractivity contribution is -0.173. The summed E-state index contributed by atoms with van der Waals surface area (Å²) in [5.41, 5.74) is 0.664. The second-order valence-electron chi connectivity index (χ2n) is 7.58. The normalized spacial score (nSPS) is 17.5. The van der Waals surface area contributed by atoms with Crippen molar-refractivity contribution in [2.75, 3.05) is 24.9 Å². The third kappa shape index (κ3) is 4.88. The lowest BCUT2D eigenvalue weighted by Gasteiger charge is -2.33. The van der Waals surface area contributed by atoms with Crippen LogP contribution in [-0.2, 0) is 0 Å². The Morgan fingerprint density at radius 1 is 1.09 bits per heavy atom. The van der Waals surface area contributed by atoms with Crippen molar-refractivity contribution in [3.8, 4) is 11.5 Å². The van der Waals surface area contributed by atoms with Gasteiger partial charge in [0.2, 0.25) is 0 Å². The number of hydrogen-bond acceptors (Lipinski definition) is 5. The predicted molar refractivity (Wildman–Crippen MR) is 122 cm³/mol. The number of rotatable bonds is 5. The van der Waals surface area contributed by atoms with Gasteiger partial charge in [0.25, 0.3) is 5.91 Å². The zero-order valence-electron chi connectivity index (χ0n) is 17.9. The molecule has 7 nitrogen and oxygen atoms in total. The molecule has 1 aliphatic heterocycles. The SMILES string of the molecule is COc1ccc([C@@H]2C[C@H](C(F)(F)F)n3nc(C(=O)Nc4cc(Cl)cc(Cl)c4)cc3N2)cc1OC. The monoisotopic (exact) mass is 514 g/mol. The van der Waals surface area contributed by atoms with Crippen LogP contribution in [0.15, 0.2) is 42.5 Å². The van der Waals surface area contributed by atoms with Gasteiger partial charge >= 0.3 is 6.18 Å². The molecule has 2 atom stereocenters. The molecule has 2 heterocycles. The van der Waals surface area contributed by atoms with Crippen LogP contribution in [0, 0.1) is 0 Å². The summed E-state index contributed by atoms with van der Waals surface area (Å²) >= 11 is 11.9. The van der Waals surface area contributed by atoms with E-state index in [-0.39, 0.29) is 23.6 Å². The summed E-state index contributed by atoms with van der Waals surface area (Å²) in [4.78, 5) is 12.7. The highest BCUT2D eigenvalue weighted by Gasteiger charge is 2.47. The van der Waals surface area contributed by atoms with E-state index in [0.29, 0.717) is 27.1 Å².